The van der Waals surface area contributed by atoms with Crippen molar-refractivity contribution < 1.29 is 17.9 Å². The van der Waals surface area contributed by atoms with Gasteiger partial charge in [-0.25, -0.2) is 13.1 Å². The number of rotatable bonds is 8. The molecule has 0 radical (unpaired) electrons. The van der Waals surface area contributed by atoms with E-state index in [1.807, 2.05) is 31.2 Å². The summed E-state index contributed by atoms with van der Waals surface area (Å²) in [6, 6.07) is 13.4. The summed E-state index contributed by atoms with van der Waals surface area (Å²) in [6.07, 6.45) is 0. The van der Waals surface area contributed by atoms with E-state index in [1.54, 1.807) is 31.2 Å². The number of hydrogen-bond donors (Lipinski definition) is 2. The van der Waals surface area contributed by atoms with E-state index < -0.39 is 22.0 Å². The number of nitrogens with zero attached hydrogens (tertiary/aromatic N) is 2. The number of anilines is 1. The second-order valence-corrected chi connectivity index (χ2v) is 9.68. The predicted molar refractivity (Wildman–Crippen MR) is 116 cm³/mol. The van der Waals surface area contributed by atoms with Gasteiger partial charge in [-0.2, -0.15) is 0 Å². The highest BCUT2D eigenvalue weighted by Crippen LogP contribution is 2.22. The minimum Gasteiger partial charge on any atom is -0.492 e. The van der Waals surface area contributed by atoms with Crippen LogP contribution in [-0.4, -0.2) is 37.2 Å². The van der Waals surface area contributed by atoms with Crippen LogP contribution in [0.15, 0.2) is 52.9 Å². The molecule has 0 aliphatic heterocycles. The van der Waals surface area contributed by atoms with Gasteiger partial charge >= 0.3 is 0 Å². The van der Waals surface area contributed by atoms with Gasteiger partial charge in [-0.05, 0) is 37.6 Å². The number of sulfonamides is 1. The Balaban J connectivity index is 1.61. The van der Waals surface area contributed by atoms with Crippen LogP contribution in [0, 0.1) is 6.92 Å². The number of benzene rings is 2. The molecule has 0 bridgehead atoms. The zero-order valence-corrected chi connectivity index (χ0v) is 18.5. The molecule has 0 saturated carbocycles. The number of para-hydroxylation sites is 1. The third-order valence-electron chi connectivity index (χ3n) is 3.91. The molecule has 0 saturated heterocycles. The Bertz CT molecular complexity index is 1150. The first-order valence-corrected chi connectivity index (χ1v) is 11.5. The van der Waals surface area contributed by atoms with Gasteiger partial charge in [0.15, 0.2) is 0 Å². The quantitative estimate of drug-likeness (QED) is 0.491. The fraction of sp³-hybridized carbons (Fsp3) is 0.211. The first-order valence-electron chi connectivity index (χ1n) is 8.86. The molecular weight excluding hydrogens is 448 g/mol. The van der Waals surface area contributed by atoms with Crippen molar-refractivity contribution in [1.82, 2.24) is 14.9 Å². The molecule has 2 aromatic carbocycles. The Kier molecular flexibility index (Phi) is 7.03. The molecule has 1 amide bonds. The number of halogens is 1. The highest BCUT2D eigenvalue weighted by molar-refractivity contribution is 7.91. The number of ether oxygens (including phenoxy) is 1. The molecule has 1 atom stereocenters. The van der Waals surface area contributed by atoms with Crippen molar-refractivity contribution in [3.63, 3.8) is 0 Å². The van der Waals surface area contributed by atoms with Crippen LogP contribution in [0.2, 0.25) is 5.02 Å². The highest BCUT2D eigenvalue weighted by Gasteiger charge is 2.24. The van der Waals surface area contributed by atoms with E-state index in [9.17, 15) is 13.2 Å². The highest BCUT2D eigenvalue weighted by atomic mass is 35.5. The predicted octanol–water partition coefficient (Wildman–Crippen LogP) is 3.50. The van der Waals surface area contributed by atoms with Crippen LogP contribution in [0.5, 0.6) is 5.75 Å². The van der Waals surface area contributed by atoms with Crippen molar-refractivity contribution in [3.05, 3.63) is 64.7 Å². The van der Waals surface area contributed by atoms with Crippen molar-refractivity contribution in [3.8, 4) is 5.75 Å². The lowest BCUT2D eigenvalue weighted by molar-refractivity contribution is 0.102. The van der Waals surface area contributed by atoms with Gasteiger partial charge in [0.2, 0.25) is 9.47 Å². The second-order valence-electron chi connectivity index (χ2n) is 6.41. The van der Waals surface area contributed by atoms with Crippen LogP contribution < -0.4 is 14.8 Å². The third kappa shape index (κ3) is 5.54. The number of nitrogens with one attached hydrogen (secondary N) is 2. The van der Waals surface area contributed by atoms with Crippen LogP contribution in [0.25, 0.3) is 0 Å². The van der Waals surface area contributed by atoms with Crippen molar-refractivity contribution in [2.45, 2.75) is 24.2 Å². The van der Waals surface area contributed by atoms with Crippen molar-refractivity contribution in [1.29, 1.82) is 0 Å². The minimum atomic E-state index is -3.92. The molecule has 8 nitrogen and oxygen atoms in total. The average Bonchev–Trinajstić information content (AvgIpc) is 3.17. The standard InChI is InChI=1S/C19H19ClN4O4S2/c1-12-7-3-6-10-16(12)28-11-13(2)24-30(26,27)19-23-22-18(29-19)21-17(25)14-8-4-5-9-15(14)20/h3-10,13,24H,11H2,1-2H3,(H,21,22,25)/t13-/m0/s1. The lowest BCUT2D eigenvalue weighted by atomic mass is 10.2. The molecule has 30 heavy (non-hydrogen) atoms. The molecule has 1 heterocycles. The summed E-state index contributed by atoms with van der Waals surface area (Å²) in [5.41, 5.74) is 1.20. The molecule has 3 rings (SSSR count). The summed E-state index contributed by atoms with van der Waals surface area (Å²) in [7, 11) is -3.92. The molecule has 0 unspecified atom stereocenters. The maximum Gasteiger partial charge on any atom is 0.270 e. The number of hydrogen-bond acceptors (Lipinski definition) is 7. The Hall–Kier alpha value is -2.53. The van der Waals surface area contributed by atoms with Crippen LogP contribution in [0.4, 0.5) is 5.13 Å². The van der Waals surface area contributed by atoms with E-state index >= 15 is 0 Å². The first-order chi connectivity index (χ1) is 14.3. The van der Waals surface area contributed by atoms with Gasteiger partial charge in [-0.15, -0.1) is 10.2 Å². The molecule has 158 valence electrons. The summed E-state index contributed by atoms with van der Waals surface area (Å²) >= 11 is 6.73. The van der Waals surface area contributed by atoms with Gasteiger partial charge < -0.3 is 4.74 Å². The number of carbonyl (C=O) groups is 1. The Morgan fingerprint density at radius 2 is 1.87 bits per heavy atom. The van der Waals surface area contributed by atoms with E-state index in [4.69, 9.17) is 16.3 Å². The van der Waals surface area contributed by atoms with E-state index in [0.29, 0.717) is 5.75 Å². The lowest BCUT2D eigenvalue weighted by Gasteiger charge is -2.15. The Labute approximate surface area is 183 Å². The fourth-order valence-electron chi connectivity index (χ4n) is 2.46. The lowest BCUT2D eigenvalue weighted by Crippen LogP contribution is -2.36. The molecule has 3 aromatic rings. The third-order valence-corrected chi connectivity index (χ3v) is 7.04. The monoisotopic (exact) mass is 466 g/mol. The number of amides is 1. The maximum atomic E-state index is 12.6. The number of aromatic nitrogens is 2. The van der Waals surface area contributed by atoms with E-state index in [2.05, 4.69) is 20.2 Å². The van der Waals surface area contributed by atoms with Gasteiger partial charge in [0, 0.05) is 0 Å². The molecule has 11 heteroatoms. The smallest absolute Gasteiger partial charge is 0.270 e. The van der Waals surface area contributed by atoms with Crippen LogP contribution in [0.3, 0.4) is 0 Å². The Morgan fingerprint density at radius 1 is 1.17 bits per heavy atom. The van der Waals surface area contributed by atoms with Crippen molar-refractivity contribution in [2.24, 2.45) is 0 Å². The summed E-state index contributed by atoms with van der Waals surface area (Å²) < 4.78 is 33.0. The molecule has 1 aromatic heterocycles. The molecule has 0 aliphatic carbocycles. The van der Waals surface area contributed by atoms with Crippen molar-refractivity contribution >= 4 is 44.0 Å². The maximum absolute atomic E-state index is 12.6. The Morgan fingerprint density at radius 3 is 2.60 bits per heavy atom. The van der Waals surface area contributed by atoms with E-state index in [0.717, 1.165) is 16.9 Å². The zero-order chi connectivity index (χ0) is 21.7. The van der Waals surface area contributed by atoms with Crippen molar-refractivity contribution in [2.75, 3.05) is 11.9 Å². The summed E-state index contributed by atoms with van der Waals surface area (Å²) in [5.74, 6) is 0.178. The molecule has 2 N–H and O–H groups in total. The van der Waals surface area contributed by atoms with Gasteiger partial charge in [0.25, 0.3) is 15.9 Å². The summed E-state index contributed by atoms with van der Waals surface area (Å²) in [6.45, 7) is 3.72. The topological polar surface area (TPSA) is 110 Å². The van der Waals surface area contributed by atoms with Gasteiger partial charge in [-0.1, -0.05) is 53.3 Å². The van der Waals surface area contributed by atoms with Gasteiger partial charge in [0.05, 0.1) is 16.6 Å². The molecule has 0 aliphatic rings. The van der Waals surface area contributed by atoms with Crippen LogP contribution in [0.1, 0.15) is 22.8 Å². The number of carbonyl (C=O) groups excluding carboxylic acids is 1. The fourth-order valence-corrected chi connectivity index (χ4v) is 4.82. The number of aryl methyl sites for hydroxylation is 1. The summed E-state index contributed by atoms with van der Waals surface area (Å²) in [4.78, 5) is 12.3. The first kappa shape index (κ1) is 22.2. The summed E-state index contributed by atoms with van der Waals surface area (Å²) in [5, 5.41) is 10.2. The van der Waals surface area contributed by atoms with Gasteiger partial charge in [0.1, 0.15) is 12.4 Å². The average molecular weight is 467 g/mol. The molecular formula is C19H19ClN4O4S2. The van der Waals surface area contributed by atoms with Crippen LogP contribution in [-0.2, 0) is 10.0 Å². The van der Waals surface area contributed by atoms with Crippen LogP contribution >= 0.6 is 22.9 Å². The molecule has 0 spiro atoms. The molecule has 0 fully saturated rings. The van der Waals surface area contributed by atoms with E-state index in [-0.39, 0.29) is 26.7 Å². The largest absolute Gasteiger partial charge is 0.492 e. The van der Waals surface area contributed by atoms with E-state index in [1.165, 1.54) is 0 Å². The minimum absolute atomic E-state index is 0.0455. The second kappa shape index (κ2) is 9.52. The van der Waals surface area contributed by atoms with Gasteiger partial charge in [-0.3, -0.25) is 10.1 Å². The zero-order valence-electron chi connectivity index (χ0n) is 16.1. The normalized spacial score (nSPS) is 12.4. The SMILES string of the molecule is Cc1ccccc1OC[C@H](C)NS(=O)(=O)c1nnc(NC(=O)c2ccccc2Cl)s1.